The number of carbonyl (C=O) groups is 1. The summed E-state index contributed by atoms with van der Waals surface area (Å²) in [4.78, 5) is 27.2. The van der Waals surface area contributed by atoms with Gasteiger partial charge in [-0.25, -0.2) is 9.59 Å². The number of aromatic nitrogens is 2. The second-order valence-electron chi connectivity index (χ2n) is 4.56. The maximum Gasteiger partial charge on any atom is 0.351 e. The third kappa shape index (κ3) is 3.04. The number of aliphatic hydroxyl groups is 2. The summed E-state index contributed by atoms with van der Waals surface area (Å²) in [6.07, 6.45) is -1.23. The maximum atomic E-state index is 11.9. The highest BCUT2D eigenvalue weighted by atomic mass is 16.5. The van der Waals surface area contributed by atoms with E-state index in [1.54, 1.807) is 6.92 Å². The van der Waals surface area contributed by atoms with Gasteiger partial charge in [0.2, 0.25) is 0 Å². The van der Waals surface area contributed by atoms with E-state index in [2.05, 4.69) is 4.98 Å². The number of nitrogens with two attached hydrogens (primary N) is 1. The lowest BCUT2D eigenvalue weighted by molar-refractivity contribution is -0.0459. The van der Waals surface area contributed by atoms with Crippen molar-refractivity contribution < 1.29 is 24.5 Å². The van der Waals surface area contributed by atoms with E-state index in [9.17, 15) is 14.7 Å². The third-order valence-electron chi connectivity index (χ3n) is 3.17. The van der Waals surface area contributed by atoms with Gasteiger partial charge in [-0.15, -0.1) is 0 Å². The number of nitrogens with zero attached hydrogens (tertiary/aromatic N) is 2. The monoisotopic (exact) mass is 299 g/mol. The van der Waals surface area contributed by atoms with E-state index in [1.165, 1.54) is 6.20 Å². The van der Waals surface area contributed by atoms with Gasteiger partial charge in [0.15, 0.2) is 0 Å². The summed E-state index contributed by atoms with van der Waals surface area (Å²) < 4.78 is 11.2. The van der Waals surface area contributed by atoms with Crippen LogP contribution in [0.2, 0.25) is 0 Å². The predicted octanol–water partition coefficient (Wildman–Crippen LogP) is -1.36. The highest BCUT2D eigenvalue weighted by Gasteiger charge is 2.35. The number of ether oxygens (including phenoxy) is 2. The summed E-state index contributed by atoms with van der Waals surface area (Å²) >= 11 is 0. The number of rotatable bonds is 4. The molecule has 116 valence electrons. The second kappa shape index (κ2) is 6.20. The Bertz CT molecular complexity index is 587. The normalized spacial score (nSPS) is 25.0. The molecule has 3 unspecified atom stereocenters. The van der Waals surface area contributed by atoms with Crippen molar-refractivity contribution in [3.8, 4) is 0 Å². The Hall–Kier alpha value is -1.97. The van der Waals surface area contributed by atoms with Gasteiger partial charge in [-0.1, -0.05) is 0 Å². The van der Waals surface area contributed by atoms with Crippen LogP contribution in [0.3, 0.4) is 0 Å². The van der Waals surface area contributed by atoms with Crippen LogP contribution >= 0.6 is 0 Å². The van der Waals surface area contributed by atoms with Gasteiger partial charge < -0.3 is 25.4 Å². The summed E-state index contributed by atoms with van der Waals surface area (Å²) in [5.41, 5.74) is 4.78. The predicted molar refractivity (Wildman–Crippen MR) is 70.5 cm³/mol. The SMILES string of the molecule is CCOC(=O)c1cn(C2CC(O)C(CO)O2)c(=O)nc1N. The lowest BCUT2D eigenvalue weighted by atomic mass is 10.2. The molecular formula is C12H17N3O6. The van der Waals surface area contributed by atoms with Gasteiger partial charge in [-0.3, -0.25) is 4.57 Å². The van der Waals surface area contributed by atoms with Crippen molar-refractivity contribution in [2.75, 3.05) is 18.9 Å². The van der Waals surface area contributed by atoms with Crippen LogP contribution in [0.1, 0.15) is 29.9 Å². The number of aliphatic hydroxyl groups excluding tert-OH is 2. The van der Waals surface area contributed by atoms with E-state index in [1.807, 2.05) is 0 Å². The molecule has 0 amide bonds. The molecular weight excluding hydrogens is 282 g/mol. The molecule has 1 aromatic heterocycles. The zero-order valence-corrected chi connectivity index (χ0v) is 11.4. The first-order valence-electron chi connectivity index (χ1n) is 6.48. The van der Waals surface area contributed by atoms with Gasteiger partial charge in [0.05, 0.1) is 19.3 Å². The quantitative estimate of drug-likeness (QED) is 0.580. The van der Waals surface area contributed by atoms with Crippen molar-refractivity contribution in [2.24, 2.45) is 0 Å². The molecule has 0 spiro atoms. The first-order chi connectivity index (χ1) is 9.97. The lowest BCUT2D eigenvalue weighted by Gasteiger charge is -2.15. The molecule has 1 saturated heterocycles. The molecule has 21 heavy (non-hydrogen) atoms. The topological polar surface area (TPSA) is 137 Å². The van der Waals surface area contributed by atoms with E-state index < -0.39 is 30.1 Å². The number of anilines is 1. The zero-order valence-electron chi connectivity index (χ0n) is 11.4. The number of esters is 1. The molecule has 1 aliphatic heterocycles. The molecule has 2 heterocycles. The second-order valence-corrected chi connectivity index (χ2v) is 4.56. The van der Waals surface area contributed by atoms with E-state index in [0.717, 1.165) is 4.57 Å². The molecule has 4 N–H and O–H groups in total. The van der Waals surface area contributed by atoms with Crippen molar-refractivity contribution in [2.45, 2.75) is 31.8 Å². The van der Waals surface area contributed by atoms with Crippen molar-refractivity contribution >= 4 is 11.8 Å². The van der Waals surface area contributed by atoms with Crippen LogP contribution < -0.4 is 11.4 Å². The largest absolute Gasteiger partial charge is 0.462 e. The fraction of sp³-hybridized carbons (Fsp3) is 0.583. The van der Waals surface area contributed by atoms with E-state index >= 15 is 0 Å². The molecule has 0 aliphatic carbocycles. The van der Waals surface area contributed by atoms with Gasteiger partial charge in [0, 0.05) is 12.6 Å². The Morgan fingerprint density at radius 2 is 2.38 bits per heavy atom. The number of carbonyl (C=O) groups excluding carboxylic acids is 1. The molecule has 9 nitrogen and oxygen atoms in total. The average molecular weight is 299 g/mol. The van der Waals surface area contributed by atoms with E-state index in [-0.39, 0.29) is 31.0 Å². The molecule has 1 fully saturated rings. The van der Waals surface area contributed by atoms with Crippen LogP contribution in [-0.2, 0) is 9.47 Å². The number of hydrogen-bond acceptors (Lipinski definition) is 8. The molecule has 1 aromatic rings. The minimum absolute atomic E-state index is 0.0537. The summed E-state index contributed by atoms with van der Waals surface area (Å²) in [7, 11) is 0. The van der Waals surface area contributed by atoms with Crippen LogP contribution in [0.5, 0.6) is 0 Å². The Balaban J connectivity index is 2.34. The molecule has 0 aromatic carbocycles. The Morgan fingerprint density at radius 3 is 2.95 bits per heavy atom. The molecule has 0 bridgehead atoms. The average Bonchev–Trinajstić information content (AvgIpc) is 2.80. The van der Waals surface area contributed by atoms with E-state index in [4.69, 9.17) is 20.3 Å². The highest BCUT2D eigenvalue weighted by molar-refractivity contribution is 5.93. The molecule has 0 saturated carbocycles. The fourth-order valence-corrected chi connectivity index (χ4v) is 2.10. The van der Waals surface area contributed by atoms with E-state index in [0.29, 0.717) is 0 Å². The first kappa shape index (κ1) is 15.4. The maximum absolute atomic E-state index is 11.9. The molecule has 2 rings (SSSR count). The van der Waals surface area contributed by atoms with Crippen molar-refractivity contribution in [1.82, 2.24) is 9.55 Å². The Labute approximate surface area is 119 Å². The van der Waals surface area contributed by atoms with Crippen LogP contribution in [0, 0.1) is 0 Å². The van der Waals surface area contributed by atoms with Gasteiger partial charge in [0.1, 0.15) is 23.7 Å². The first-order valence-corrected chi connectivity index (χ1v) is 6.48. The summed E-state index contributed by atoms with van der Waals surface area (Å²) in [5, 5.41) is 18.7. The Morgan fingerprint density at radius 1 is 1.67 bits per heavy atom. The fourth-order valence-electron chi connectivity index (χ4n) is 2.10. The van der Waals surface area contributed by atoms with Crippen molar-refractivity contribution in [3.63, 3.8) is 0 Å². The van der Waals surface area contributed by atoms with Crippen LogP contribution in [0.25, 0.3) is 0 Å². The Kier molecular flexibility index (Phi) is 4.56. The lowest BCUT2D eigenvalue weighted by Crippen LogP contribution is -2.30. The summed E-state index contributed by atoms with van der Waals surface area (Å²) in [6.45, 7) is 1.42. The summed E-state index contributed by atoms with van der Waals surface area (Å²) in [6, 6.07) is 0. The molecule has 9 heteroatoms. The van der Waals surface area contributed by atoms with Gasteiger partial charge >= 0.3 is 11.7 Å². The van der Waals surface area contributed by atoms with Gasteiger partial charge in [0.25, 0.3) is 0 Å². The molecule has 3 atom stereocenters. The molecule has 0 radical (unpaired) electrons. The third-order valence-corrected chi connectivity index (χ3v) is 3.17. The van der Waals surface area contributed by atoms with Gasteiger partial charge in [-0.05, 0) is 6.92 Å². The standard InChI is InChI=1S/C12H17N3O6/c1-2-20-11(18)6-4-15(12(19)14-10(6)13)9-3-7(17)8(5-16)21-9/h4,7-9,16-17H,2-3,5H2,1H3,(H2,13,14,19). The zero-order chi connectivity index (χ0) is 15.6. The van der Waals surface area contributed by atoms with Crippen molar-refractivity contribution in [1.29, 1.82) is 0 Å². The number of nitrogen functional groups attached to an aromatic ring is 1. The van der Waals surface area contributed by atoms with Crippen LogP contribution in [0.4, 0.5) is 5.82 Å². The highest BCUT2D eigenvalue weighted by Crippen LogP contribution is 2.27. The smallest absolute Gasteiger partial charge is 0.351 e. The van der Waals surface area contributed by atoms with Crippen molar-refractivity contribution in [3.05, 3.63) is 22.2 Å². The van der Waals surface area contributed by atoms with Crippen LogP contribution in [-0.4, -0.2) is 51.2 Å². The number of hydrogen-bond donors (Lipinski definition) is 3. The summed E-state index contributed by atoms with van der Waals surface area (Å²) in [5.74, 6) is -0.930. The minimum atomic E-state index is -0.907. The van der Waals surface area contributed by atoms with Gasteiger partial charge in [-0.2, -0.15) is 4.98 Å². The minimum Gasteiger partial charge on any atom is -0.462 e. The molecule has 1 aliphatic rings. The van der Waals surface area contributed by atoms with Crippen LogP contribution in [0.15, 0.2) is 11.0 Å².